The Balaban J connectivity index is 1.52. The zero-order valence-corrected chi connectivity index (χ0v) is 14.6. The second-order valence-corrected chi connectivity index (χ2v) is 6.35. The van der Waals surface area contributed by atoms with Crippen molar-refractivity contribution in [3.05, 3.63) is 35.9 Å². The lowest BCUT2D eigenvalue weighted by molar-refractivity contribution is -0.133. The molecule has 1 aliphatic rings. The van der Waals surface area contributed by atoms with Crippen LogP contribution < -0.4 is 0 Å². The average Bonchev–Trinajstić information content (AvgIpc) is 3.09. The van der Waals surface area contributed by atoms with Gasteiger partial charge in [0.2, 0.25) is 5.91 Å². The van der Waals surface area contributed by atoms with E-state index >= 15 is 0 Å². The number of carbonyl (C=O) groups excluding carboxylic acids is 1. The van der Waals surface area contributed by atoms with Crippen molar-refractivity contribution in [1.82, 2.24) is 19.9 Å². The Morgan fingerprint density at radius 2 is 2.08 bits per heavy atom. The zero-order valence-electron chi connectivity index (χ0n) is 13.8. The van der Waals surface area contributed by atoms with Gasteiger partial charge in [-0.2, -0.15) is 4.98 Å². The normalized spacial score (nSPS) is 15.5. The summed E-state index contributed by atoms with van der Waals surface area (Å²) in [4.78, 5) is 20.4. The van der Waals surface area contributed by atoms with Crippen LogP contribution in [0.1, 0.15) is 18.7 Å². The first-order chi connectivity index (χ1) is 12.2. The predicted molar refractivity (Wildman–Crippen MR) is 91.5 cm³/mol. The molecule has 2 aromatic rings. The number of carbonyl (C=O) groups is 1. The lowest BCUT2D eigenvalue weighted by Crippen LogP contribution is -2.48. The number of hydrogen-bond donors (Lipinski definition) is 0. The summed E-state index contributed by atoms with van der Waals surface area (Å²) in [5.41, 5.74) is 0.563. The van der Waals surface area contributed by atoms with E-state index in [0.717, 1.165) is 13.1 Å². The van der Waals surface area contributed by atoms with Gasteiger partial charge in [0.15, 0.2) is 5.82 Å². The Bertz CT molecular complexity index is 716. The minimum atomic E-state index is -0.341. The fourth-order valence-corrected chi connectivity index (χ4v) is 2.92. The predicted octanol–water partition coefficient (Wildman–Crippen LogP) is 2.54. The number of rotatable bonds is 6. The molecule has 0 atom stereocenters. The Morgan fingerprint density at radius 3 is 2.80 bits per heavy atom. The highest BCUT2D eigenvalue weighted by atomic mass is 35.5. The fourth-order valence-electron chi connectivity index (χ4n) is 2.79. The molecule has 0 bridgehead atoms. The summed E-state index contributed by atoms with van der Waals surface area (Å²) in [7, 11) is 0. The van der Waals surface area contributed by atoms with Crippen molar-refractivity contribution in [3.63, 3.8) is 0 Å². The molecule has 0 radical (unpaired) electrons. The van der Waals surface area contributed by atoms with Crippen LogP contribution in [0.25, 0.3) is 11.5 Å². The molecular formula is C17H20ClFN4O2. The van der Waals surface area contributed by atoms with E-state index in [1.807, 2.05) is 4.90 Å². The monoisotopic (exact) mass is 366 g/mol. The number of aromatic nitrogens is 2. The molecule has 1 saturated heterocycles. The van der Waals surface area contributed by atoms with Crippen molar-refractivity contribution in [1.29, 1.82) is 0 Å². The summed E-state index contributed by atoms with van der Waals surface area (Å²) in [6.45, 7) is 3.45. The summed E-state index contributed by atoms with van der Waals surface area (Å²) in [5, 5.41) is 3.97. The summed E-state index contributed by atoms with van der Waals surface area (Å²) in [5.74, 6) is 1.20. The van der Waals surface area contributed by atoms with Gasteiger partial charge in [-0.1, -0.05) is 11.2 Å². The van der Waals surface area contributed by atoms with Gasteiger partial charge in [-0.25, -0.2) is 4.39 Å². The van der Waals surface area contributed by atoms with E-state index in [1.54, 1.807) is 12.1 Å². The summed E-state index contributed by atoms with van der Waals surface area (Å²) in [6, 6.07) is 6.07. The smallest absolute Gasteiger partial charge is 0.258 e. The highest BCUT2D eigenvalue weighted by molar-refractivity contribution is 6.17. The number of piperazine rings is 1. The fraction of sp³-hybridized carbons (Fsp3) is 0.471. The molecule has 1 fully saturated rings. The van der Waals surface area contributed by atoms with E-state index in [0.29, 0.717) is 55.6 Å². The first kappa shape index (κ1) is 17.8. The van der Waals surface area contributed by atoms with Crippen molar-refractivity contribution in [2.45, 2.75) is 19.4 Å². The molecule has 0 unspecified atom stereocenters. The van der Waals surface area contributed by atoms with Gasteiger partial charge in [0.1, 0.15) is 5.82 Å². The van der Waals surface area contributed by atoms with E-state index in [9.17, 15) is 9.18 Å². The molecule has 2 heterocycles. The highest BCUT2D eigenvalue weighted by Gasteiger charge is 2.22. The number of amides is 1. The van der Waals surface area contributed by atoms with Crippen LogP contribution >= 0.6 is 11.6 Å². The molecule has 0 spiro atoms. The Kier molecular flexibility index (Phi) is 5.99. The summed E-state index contributed by atoms with van der Waals surface area (Å²) < 4.78 is 18.5. The van der Waals surface area contributed by atoms with Crippen LogP contribution in [-0.4, -0.2) is 57.9 Å². The van der Waals surface area contributed by atoms with Gasteiger partial charge in [0.25, 0.3) is 5.89 Å². The summed E-state index contributed by atoms with van der Waals surface area (Å²) in [6.07, 6.45) is 1.22. The van der Waals surface area contributed by atoms with Gasteiger partial charge in [-0.05, 0) is 24.6 Å². The minimum Gasteiger partial charge on any atom is -0.340 e. The van der Waals surface area contributed by atoms with E-state index in [2.05, 4.69) is 15.0 Å². The van der Waals surface area contributed by atoms with Crippen molar-refractivity contribution in [3.8, 4) is 11.5 Å². The topological polar surface area (TPSA) is 62.5 Å². The third kappa shape index (κ3) is 4.76. The Morgan fingerprint density at radius 1 is 1.28 bits per heavy atom. The maximum atomic E-state index is 13.3. The number of benzene rings is 1. The van der Waals surface area contributed by atoms with E-state index < -0.39 is 0 Å². The van der Waals surface area contributed by atoms with Crippen LogP contribution in [0.5, 0.6) is 0 Å². The van der Waals surface area contributed by atoms with Gasteiger partial charge in [0, 0.05) is 44.0 Å². The second kappa shape index (κ2) is 8.40. The number of halogens is 2. The van der Waals surface area contributed by atoms with Crippen molar-refractivity contribution in [2.75, 3.05) is 32.1 Å². The molecule has 6 nitrogen and oxygen atoms in total. The second-order valence-electron chi connectivity index (χ2n) is 5.98. The molecule has 134 valence electrons. The van der Waals surface area contributed by atoms with Crippen LogP contribution in [0.4, 0.5) is 4.39 Å². The SMILES string of the molecule is O=C(CCCCl)N1CCN(Cc2noc(-c3cccc(F)c3)n2)CC1. The van der Waals surface area contributed by atoms with Gasteiger partial charge in [-0.3, -0.25) is 9.69 Å². The molecule has 1 aromatic heterocycles. The third-order valence-corrected chi connectivity index (χ3v) is 4.42. The molecule has 1 aromatic carbocycles. The Hall–Kier alpha value is -1.99. The third-order valence-electron chi connectivity index (χ3n) is 4.15. The van der Waals surface area contributed by atoms with Crippen LogP contribution in [0.3, 0.4) is 0 Å². The molecule has 3 rings (SSSR count). The lowest BCUT2D eigenvalue weighted by atomic mass is 10.2. The summed E-state index contributed by atoms with van der Waals surface area (Å²) >= 11 is 5.63. The molecule has 25 heavy (non-hydrogen) atoms. The van der Waals surface area contributed by atoms with Crippen molar-refractivity contribution < 1.29 is 13.7 Å². The number of nitrogens with zero attached hydrogens (tertiary/aromatic N) is 4. The largest absolute Gasteiger partial charge is 0.340 e. The molecule has 0 N–H and O–H groups in total. The van der Waals surface area contributed by atoms with E-state index in [-0.39, 0.29) is 11.7 Å². The van der Waals surface area contributed by atoms with Crippen LogP contribution in [0.2, 0.25) is 0 Å². The zero-order chi connectivity index (χ0) is 17.6. The lowest BCUT2D eigenvalue weighted by Gasteiger charge is -2.34. The van der Waals surface area contributed by atoms with Crippen molar-refractivity contribution in [2.24, 2.45) is 0 Å². The molecule has 0 aliphatic carbocycles. The quantitative estimate of drug-likeness (QED) is 0.735. The average molecular weight is 367 g/mol. The maximum Gasteiger partial charge on any atom is 0.258 e. The first-order valence-corrected chi connectivity index (χ1v) is 8.84. The standard InChI is InChI=1S/C17H20ClFN4O2/c18-6-2-5-16(24)23-9-7-22(8-10-23)12-15-20-17(25-21-15)13-3-1-4-14(19)11-13/h1,3-4,11H,2,5-10,12H2. The maximum absolute atomic E-state index is 13.3. The van der Waals surface area contributed by atoms with Gasteiger partial charge in [0.05, 0.1) is 6.54 Å². The van der Waals surface area contributed by atoms with E-state index in [1.165, 1.54) is 12.1 Å². The van der Waals surface area contributed by atoms with Gasteiger partial charge in [-0.15, -0.1) is 11.6 Å². The van der Waals surface area contributed by atoms with Crippen LogP contribution in [0.15, 0.2) is 28.8 Å². The molecule has 1 amide bonds. The van der Waals surface area contributed by atoms with E-state index in [4.69, 9.17) is 16.1 Å². The highest BCUT2D eigenvalue weighted by Crippen LogP contribution is 2.18. The van der Waals surface area contributed by atoms with Crippen LogP contribution in [0, 0.1) is 5.82 Å². The first-order valence-electron chi connectivity index (χ1n) is 8.30. The van der Waals surface area contributed by atoms with Crippen LogP contribution in [-0.2, 0) is 11.3 Å². The number of alkyl halides is 1. The minimum absolute atomic E-state index is 0.160. The number of hydrogen-bond acceptors (Lipinski definition) is 5. The van der Waals surface area contributed by atoms with Crippen molar-refractivity contribution >= 4 is 17.5 Å². The van der Waals surface area contributed by atoms with Gasteiger partial charge >= 0.3 is 0 Å². The Labute approximate surface area is 150 Å². The molecule has 0 saturated carbocycles. The molecule has 1 aliphatic heterocycles. The molecular weight excluding hydrogens is 347 g/mol. The molecule has 8 heteroatoms. The van der Waals surface area contributed by atoms with Gasteiger partial charge < -0.3 is 9.42 Å².